The molecule has 68 heavy (non-hydrogen) atoms. The van der Waals surface area contributed by atoms with E-state index in [-0.39, 0.29) is 6.42 Å². The molecule has 6 heterocycles. The van der Waals surface area contributed by atoms with Crippen molar-refractivity contribution in [3.05, 3.63) is 0 Å². The molecular weight excluding hydrogens is 936 g/mol. The highest BCUT2D eigenvalue weighted by Gasteiger charge is 2.56. The Morgan fingerprint density at radius 2 is 0.574 bits per heavy atom. The monoisotopic (exact) mass is 1000 g/mol. The number of hydrogen-bond acceptors (Lipinski definition) is 30. The largest absolute Gasteiger partial charge is 0.394 e. The van der Waals surface area contributed by atoms with Gasteiger partial charge in [0.15, 0.2) is 37.7 Å². The van der Waals surface area contributed by atoms with E-state index in [4.69, 9.17) is 56.8 Å². The summed E-state index contributed by atoms with van der Waals surface area (Å²) in [4.78, 5) is 0. The van der Waals surface area contributed by atoms with Crippen LogP contribution in [0.15, 0.2) is 0 Å². The molecule has 30 heteroatoms. The van der Waals surface area contributed by atoms with Crippen molar-refractivity contribution in [2.24, 2.45) is 0 Å². The zero-order valence-corrected chi connectivity index (χ0v) is 36.5. The Morgan fingerprint density at radius 3 is 0.912 bits per heavy atom. The van der Waals surface area contributed by atoms with E-state index < -0.39 is 217 Å². The van der Waals surface area contributed by atoms with Crippen LogP contribution in [0.1, 0.15) is 13.3 Å². The van der Waals surface area contributed by atoms with Gasteiger partial charge >= 0.3 is 0 Å². The van der Waals surface area contributed by atoms with Crippen molar-refractivity contribution in [3.63, 3.8) is 0 Å². The maximum absolute atomic E-state index is 11.2. The van der Waals surface area contributed by atoms with Crippen molar-refractivity contribution < 1.29 is 149 Å². The van der Waals surface area contributed by atoms with Gasteiger partial charge in [0, 0.05) is 7.11 Å². The van der Waals surface area contributed by atoms with Crippen molar-refractivity contribution in [2.45, 2.75) is 198 Å². The minimum atomic E-state index is -2.07. The molecule has 6 aliphatic heterocycles. The number of hydrogen-bond donors (Lipinski definition) is 18. The second-order valence-corrected chi connectivity index (χ2v) is 17.2. The van der Waals surface area contributed by atoms with Crippen molar-refractivity contribution in [2.75, 3.05) is 40.1 Å². The van der Waals surface area contributed by atoms with Crippen LogP contribution in [0.25, 0.3) is 0 Å². The van der Waals surface area contributed by atoms with Crippen LogP contribution in [-0.2, 0) is 56.8 Å². The molecule has 18 N–H and O–H groups in total. The van der Waals surface area contributed by atoms with E-state index in [0.717, 1.165) is 0 Å². The summed E-state index contributed by atoms with van der Waals surface area (Å²) in [6.07, 6.45) is -52.8. The molecule has 0 bridgehead atoms. The molecule has 30 nitrogen and oxygen atoms in total. The Hall–Kier alpha value is -1.20. The third kappa shape index (κ3) is 11.4. The minimum Gasteiger partial charge on any atom is -0.394 e. The second kappa shape index (κ2) is 24.2. The number of aliphatic hydroxyl groups is 18. The smallest absolute Gasteiger partial charge is 0.187 e. The van der Waals surface area contributed by atoms with Crippen LogP contribution in [0, 0.1) is 0 Å². The van der Waals surface area contributed by atoms with E-state index in [0.29, 0.717) is 0 Å². The number of aliphatic hydroxyl groups excluding tert-OH is 18. The van der Waals surface area contributed by atoms with Crippen LogP contribution in [0.5, 0.6) is 0 Å². The summed E-state index contributed by atoms with van der Waals surface area (Å²) in [5, 5.41) is 191. The molecule has 0 saturated carbocycles. The van der Waals surface area contributed by atoms with Crippen LogP contribution in [0.4, 0.5) is 0 Å². The van der Waals surface area contributed by atoms with Crippen LogP contribution < -0.4 is 0 Å². The molecule has 0 aromatic rings. The molecule has 6 aliphatic rings. The maximum Gasteiger partial charge on any atom is 0.187 e. The Balaban J connectivity index is 1.05. The minimum absolute atomic E-state index is 0.177. The topological polar surface area (TPSA) is 475 Å². The third-order valence-corrected chi connectivity index (χ3v) is 12.8. The summed E-state index contributed by atoms with van der Waals surface area (Å²) in [6.45, 7) is -2.78. The molecule has 0 aromatic carbocycles. The molecule has 0 amide bonds. The van der Waals surface area contributed by atoms with Crippen molar-refractivity contribution in [1.29, 1.82) is 0 Å². The predicted octanol–water partition coefficient (Wildman–Crippen LogP) is -12.0. The first-order valence-corrected chi connectivity index (χ1v) is 21.9. The molecule has 6 saturated heterocycles. The van der Waals surface area contributed by atoms with Crippen molar-refractivity contribution in [3.8, 4) is 0 Å². The molecule has 0 aliphatic carbocycles. The second-order valence-electron chi connectivity index (χ2n) is 17.2. The van der Waals surface area contributed by atoms with E-state index in [9.17, 15) is 91.9 Å². The van der Waals surface area contributed by atoms with Crippen LogP contribution in [0.3, 0.4) is 0 Å². The van der Waals surface area contributed by atoms with Gasteiger partial charge in [-0.3, -0.25) is 0 Å². The van der Waals surface area contributed by atoms with Gasteiger partial charge in [-0.05, 0) is 6.42 Å². The Bertz CT molecular complexity index is 1520. The van der Waals surface area contributed by atoms with Crippen LogP contribution in [0.2, 0.25) is 0 Å². The number of methoxy groups -OCH3 is 1. The molecule has 0 aromatic heterocycles. The lowest BCUT2D eigenvalue weighted by molar-refractivity contribution is -0.385. The Morgan fingerprint density at radius 1 is 0.309 bits per heavy atom. The Labute approximate surface area is 386 Å². The molecule has 398 valence electrons. The number of ether oxygens (including phenoxy) is 12. The van der Waals surface area contributed by atoms with E-state index in [1.807, 2.05) is 0 Å². The van der Waals surface area contributed by atoms with Gasteiger partial charge in [-0.2, -0.15) is 0 Å². The Kier molecular flexibility index (Phi) is 20.0. The quantitative estimate of drug-likeness (QED) is 0.0643. The van der Waals surface area contributed by atoms with Gasteiger partial charge in [0.05, 0.1) is 39.1 Å². The fourth-order valence-electron chi connectivity index (χ4n) is 8.78. The lowest BCUT2D eigenvalue weighted by atomic mass is 9.95. The average molecular weight is 1000 g/mol. The SMILES string of the molecule is CCC1OC(OC2C(CO)OC(OC3C(CO)OC(OCC4OC(OC5C(CO)OC(OC6C(CO)OC(OC)C(O)C6O)C(O)C5O)C(O)C(O)C4O)C(O)C3O)C(O)C2O)C(O)C(O)C1O. The average Bonchev–Trinajstić information content (AvgIpc) is 3.33. The number of rotatable bonds is 17. The molecule has 0 spiro atoms. The first-order valence-electron chi connectivity index (χ1n) is 21.9. The van der Waals surface area contributed by atoms with Crippen LogP contribution >= 0.6 is 0 Å². The summed E-state index contributed by atoms with van der Waals surface area (Å²) < 4.78 is 66.4. The first kappa shape index (κ1) is 56.1. The fraction of sp³-hybridized carbons (Fsp3) is 1.00. The molecule has 6 rings (SSSR count). The van der Waals surface area contributed by atoms with Gasteiger partial charge < -0.3 is 149 Å². The van der Waals surface area contributed by atoms with Gasteiger partial charge in [-0.15, -0.1) is 0 Å². The predicted molar refractivity (Wildman–Crippen MR) is 207 cm³/mol. The van der Waals surface area contributed by atoms with Gasteiger partial charge in [0.25, 0.3) is 0 Å². The summed E-state index contributed by atoms with van der Waals surface area (Å²) in [7, 11) is 1.17. The van der Waals surface area contributed by atoms with E-state index in [1.165, 1.54) is 7.11 Å². The van der Waals surface area contributed by atoms with Crippen molar-refractivity contribution >= 4 is 0 Å². The fourth-order valence-corrected chi connectivity index (χ4v) is 8.78. The summed E-state index contributed by atoms with van der Waals surface area (Å²) >= 11 is 0. The lowest BCUT2D eigenvalue weighted by Crippen LogP contribution is -2.67. The van der Waals surface area contributed by atoms with E-state index in [1.54, 1.807) is 6.92 Å². The molecule has 30 atom stereocenters. The zero-order chi connectivity index (χ0) is 50.0. The van der Waals surface area contributed by atoms with E-state index in [2.05, 4.69) is 0 Å². The van der Waals surface area contributed by atoms with E-state index >= 15 is 0 Å². The van der Waals surface area contributed by atoms with Crippen molar-refractivity contribution in [1.82, 2.24) is 0 Å². The highest BCUT2D eigenvalue weighted by atomic mass is 16.8. The first-order chi connectivity index (χ1) is 32.3. The molecule has 0 radical (unpaired) electrons. The summed E-state index contributed by atoms with van der Waals surface area (Å²) in [5.74, 6) is 0. The summed E-state index contributed by atoms with van der Waals surface area (Å²) in [5.41, 5.74) is 0. The molecular formula is C38H66O30. The van der Waals surface area contributed by atoms with Gasteiger partial charge in [-0.25, -0.2) is 0 Å². The normalized spacial score (nSPS) is 52.8. The molecule has 6 fully saturated rings. The standard InChI is InChI=1S/C38H66O30/c1-3-9-15(43)17(45)23(51)35(59-9)65-31-12(6-41)62-38(27(55)21(31)49)68-30-11(5-40)61-34(26(54)20(30)48)58-8-14-16(44)18(46)24(52)36(64-14)66-32-13(7-42)63-37(28(56)22(32)50)67-29-10(4-39)60-33(57-2)25(53)19(29)47/h9-56H,3-8H2,1-2H3. The van der Waals surface area contributed by atoms with Crippen LogP contribution in [-0.4, -0.2) is 316 Å². The van der Waals surface area contributed by atoms with Gasteiger partial charge in [0.2, 0.25) is 0 Å². The highest BCUT2D eigenvalue weighted by Crippen LogP contribution is 2.36. The summed E-state index contributed by atoms with van der Waals surface area (Å²) in [6, 6.07) is 0. The van der Waals surface area contributed by atoms with Gasteiger partial charge in [-0.1, -0.05) is 6.92 Å². The highest BCUT2D eigenvalue weighted by molar-refractivity contribution is 4.99. The lowest BCUT2D eigenvalue weighted by Gasteiger charge is -2.48. The zero-order valence-electron chi connectivity index (χ0n) is 36.5. The molecule has 30 unspecified atom stereocenters. The van der Waals surface area contributed by atoms with Gasteiger partial charge in [0.1, 0.15) is 140 Å². The maximum atomic E-state index is 11.2. The third-order valence-electron chi connectivity index (χ3n) is 12.8.